The molecule has 0 aliphatic carbocycles. The van der Waals surface area contributed by atoms with E-state index in [0.29, 0.717) is 30.0 Å². The van der Waals surface area contributed by atoms with E-state index in [1.165, 1.54) is 16.7 Å². The second-order valence-electron chi connectivity index (χ2n) is 8.27. The number of carboxylic acid groups (broad SMARTS) is 1. The average molecular weight is 542 g/mol. The molecule has 38 heavy (non-hydrogen) atoms. The Morgan fingerprint density at radius 2 is 1.97 bits per heavy atom. The van der Waals surface area contributed by atoms with E-state index in [4.69, 9.17) is 14.6 Å². The molecule has 206 valence electrons. The zero-order valence-corrected chi connectivity index (χ0v) is 20.8. The first kappa shape index (κ1) is 28.6. The second kappa shape index (κ2) is 12.0. The van der Waals surface area contributed by atoms with Gasteiger partial charge < -0.3 is 29.8 Å². The van der Waals surface area contributed by atoms with Gasteiger partial charge in [0.15, 0.2) is 11.5 Å². The highest BCUT2D eigenvalue weighted by atomic mass is 19.4. The first-order valence-corrected chi connectivity index (χ1v) is 11.7. The number of nitrogens with zero attached hydrogens (tertiary/aromatic N) is 5. The van der Waals surface area contributed by atoms with Crippen LogP contribution in [-0.2, 0) is 4.79 Å². The fourth-order valence-electron chi connectivity index (χ4n) is 3.64. The minimum Gasteiger partial charge on any atom is -0.477 e. The van der Waals surface area contributed by atoms with Crippen molar-refractivity contribution in [3.8, 4) is 5.88 Å². The van der Waals surface area contributed by atoms with Crippen molar-refractivity contribution in [1.29, 1.82) is 0 Å². The summed E-state index contributed by atoms with van der Waals surface area (Å²) < 4.78 is 53.2. The molecule has 0 bridgehead atoms. The Labute approximate surface area is 214 Å². The van der Waals surface area contributed by atoms with E-state index in [1.807, 2.05) is 6.92 Å². The Morgan fingerprint density at radius 1 is 1.26 bits per heavy atom. The predicted molar refractivity (Wildman–Crippen MR) is 129 cm³/mol. The van der Waals surface area contributed by atoms with E-state index in [-0.39, 0.29) is 17.1 Å². The number of pyridine rings is 1. The van der Waals surface area contributed by atoms with Crippen LogP contribution in [0, 0.1) is 12.7 Å². The van der Waals surface area contributed by atoms with Crippen molar-refractivity contribution in [2.75, 3.05) is 36.5 Å². The SMILES string of the molecule is CCOc1nc(N2CCNC(CC)C2)ncc1C(=O)Nc1cc(F)c2nc(C)cn2c1.O=C(O)C(F)(F)F. The number of hydrogen-bond donors (Lipinski definition) is 3. The number of imidazole rings is 1. The summed E-state index contributed by atoms with van der Waals surface area (Å²) in [5, 5.41) is 13.3. The van der Waals surface area contributed by atoms with Crippen molar-refractivity contribution in [1.82, 2.24) is 24.7 Å². The van der Waals surface area contributed by atoms with Gasteiger partial charge in [-0.15, -0.1) is 0 Å². The molecule has 0 saturated carbocycles. The summed E-state index contributed by atoms with van der Waals surface area (Å²) in [5.41, 5.74) is 1.38. The molecular formula is C23H27F4N7O4. The number of carbonyl (C=O) groups excluding carboxylic acids is 1. The van der Waals surface area contributed by atoms with Crippen molar-refractivity contribution in [2.45, 2.75) is 39.4 Å². The lowest BCUT2D eigenvalue weighted by molar-refractivity contribution is -0.192. The van der Waals surface area contributed by atoms with Crippen LogP contribution in [0.1, 0.15) is 36.3 Å². The number of aryl methyl sites for hydroxylation is 1. The number of carbonyl (C=O) groups is 2. The second-order valence-corrected chi connectivity index (χ2v) is 8.27. The number of rotatable bonds is 6. The van der Waals surface area contributed by atoms with E-state index in [2.05, 4.69) is 37.4 Å². The van der Waals surface area contributed by atoms with E-state index in [1.54, 1.807) is 19.3 Å². The fourth-order valence-corrected chi connectivity index (χ4v) is 3.64. The van der Waals surface area contributed by atoms with Crippen LogP contribution in [0.2, 0.25) is 0 Å². The number of carboxylic acids is 1. The van der Waals surface area contributed by atoms with Gasteiger partial charge in [-0.1, -0.05) is 6.92 Å². The van der Waals surface area contributed by atoms with Gasteiger partial charge in [-0.3, -0.25) is 4.79 Å². The molecule has 1 aliphatic heterocycles. The number of nitrogens with one attached hydrogen (secondary N) is 2. The number of piperazine rings is 1. The third-order valence-corrected chi connectivity index (χ3v) is 5.43. The molecule has 3 aromatic heterocycles. The van der Waals surface area contributed by atoms with Gasteiger partial charge in [0.2, 0.25) is 11.8 Å². The predicted octanol–water partition coefficient (Wildman–Crippen LogP) is 3.04. The average Bonchev–Trinajstić information content (AvgIpc) is 3.24. The molecule has 1 saturated heterocycles. The molecule has 15 heteroatoms. The van der Waals surface area contributed by atoms with Gasteiger partial charge in [-0.2, -0.15) is 18.2 Å². The smallest absolute Gasteiger partial charge is 0.477 e. The number of aliphatic carboxylic acids is 1. The first-order valence-electron chi connectivity index (χ1n) is 11.7. The standard InChI is InChI=1S/C21H26FN7O2.C2HF3O2/c1-4-14-11-28(7-6-23-14)21-24-9-16(20(27-21)31-5-2)19(30)26-15-8-17(22)18-25-13(3)10-29(18)12-15;3-2(4,5)1(6)7/h8-10,12,14,23H,4-7,11H2,1-3H3,(H,26,30);(H,6,7). The maximum Gasteiger partial charge on any atom is 0.490 e. The molecule has 3 N–H and O–H groups in total. The normalized spacial score (nSPS) is 15.6. The Kier molecular flexibility index (Phi) is 9.04. The van der Waals surface area contributed by atoms with Gasteiger partial charge in [0.05, 0.1) is 18.0 Å². The highest BCUT2D eigenvalue weighted by Crippen LogP contribution is 2.23. The van der Waals surface area contributed by atoms with Crippen LogP contribution in [0.4, 0.5) is 29.2 Å². The Hall–Kier alpha value is -4.01. The molecule has 1 amide bonds. The topological polar surface area (TPSA) is 134 Å². The summed E-state index contributed by atoms with van der Waals surface area (Å²) in [6.45, 7) is 8.49. The third-order valence-electron chi connectivity index (χ3n) is 5.43. The Morgan fingerprint density at radius 3 is 2.61 bits per heavy atom. The van der Waals surface area contributed by atoms with Gasteiger partial charge in [0, 0.05) is 50.3 Å². The highest BCUT2D eigenvalue weighted by Gasteiger charge is 2.38. The number of aromatic nitrogens is 4. The molecule has 1 aliphatic rings. The fraction of sp³-hybridized carbons (Fsp3) is 0.435. The number of hydrogen-bond acceptors (Lipinski definition) is 8. The third kappa shape index (κ3) is 7.06. The highest BCUT2D eigenvalue weighted by molar-refractivity contribution is 6.05. The molecule has 0 radical (unpaired) electrons. The first-order chi connectivity index (χ1) is 17.9. The summed E-state index contributed by atoms with van der Waals surface area (Å²) in [6, 6.07) is 1.61. The number of alkyl halides is 3. The Balaban J connectivity index is 0.000000505. The maximum absolute atomic E-state index is 14.3. The van der Waals surface area contributed by atoms with Crippen molar-refractivity contribution in [2.24, 2.45) is 0 Å². The minimum atomic E-state index is -5.08. The lowest BCUT2D eigenvalue weighted by Gasteiger charge is -2.33. The molecule has 11 nitrogen and oxygen atoms in total. The van der Waals surface area contributed by atoms with Gasteiger partial charge >= 0.3 is 12.1 Å². The van der Waals surface area contributed by atoms with Crippen LogP contribution < -0.4 is 20.3 Å². The summed E-state index contributed by atoms with van der Waals surface area (Å²) in [7, 11) is 0. The van der Waals surface area contributed by atoms with Crippen LogP contribution in [-0.4, -0.2) is 74.8 Å². The maximum atomic E-state index is 14.3. The van der Waals surface area contributed by atoms with Gasteiger partial charge in [0.1, 0.15) is 5.56 Å². The minimum absolute atomic E-state index is 0.190. The summed E-state index contributed by atoms with van der Waals surface area (Å²) in [5.74, 6) is -3.02. The quantitative estimate of drug-likeness (QED) is 0.403. The lowest BCUT2D eigenvalue weighted by Crippen LogP contribution is -2.51. The lowest BCUT2D eigenvalue weighted by atomic mass is 10.1. The van der Waals surface area contributed by atoms with Gasteiger partial charge in [-0.05, 0) is 20.3 Å². The molecule has 3 aromatic rings. The number of fused-ring (bicyclic) bond motifs is 1. The van der Waals surface area contributed by atoms with Gasteiger partial charge in [-0.25, -0.2) is 19.2 Å². The molecule has 1 atom stereocenters. The summed E-state index contributed by atoms with van der Waals surface area (Å²) >= 11 is 0. The zero-order valence-electron chi connectivity index (χ0n) is 20.8. The molecule has 4 heterocycles. The Bertz CT molecular complexity index is 1300. The van der Waals surface area contributed by atoms with Crippen LogP contribution in [0.25, 0.3) is 5.65 Å². The van der Waals surface area contributed by atoms with Crippen LogP contribution in [0.3, 0.4) is 0 Å². The largest absolute Gasteiger partial charge is 0.490 e. The van der Waals surface area contributed by atoms with Crippen molar-refractivity contribution >= 4 is 29.2 Å². The summed E-state index contributed by atoms with van der Waals surface area (Å²) in [4.78, 5) is 36.9. The van der Waals surface area contributed by atoms with Crippen molar-refractivity contribution in [3.63, 3.8) is 0 Å². The van der Waals surface area contributed by atoms with E-state index >= 15 is 0 Å². The number of amides is 1. The van der Waals surface area contributed by atoms with Crippen molar-refractivity contribution in [3.05, 3.63) is 41.7 Å². The van der Waals surface area contributed by atoms with E-state index < -0.39 is 23.9 Å². The van der Waals surface area contributed by atoms with Crippen LogP contribution in [0.5, 0.6) is 5.88 Å². The molecule has 1 unspecified atom stereocenters. The van der Waals surface area contributed by atoms with Gasteiger partial charge in [0.25, 0.3) is 5.91 Å². The van der Waals surface area contributed by atoms with Crippen LogP contribution in [0.15, 0.2) is 24.7 Å². The molecule has 1 fully saturated rings. The molecule has 4 rings (SSSR count). The van der Waals surface area contributed by atoms with Crippen LogP contribution >= 0.6 is 0 Å². The summed E-state index contributed by atoms with van der Waals surface area (Å²) in [6.07, 6.45) is 0.681. The molecular weight excluding hydrogens is 514 g/mol. The molecule has 0 aromatic carbocycles. The number of halogens is 4. The number of ether oxygens (including phenoxy) is 1. The van der Waals surface area contributed by atoms with E-state index in [0.717, 1.165) is 26.1 Å². The number of anilines is 2. The van der Waals surface area contributed by atoms with E-state index in [9.17, 15) is 22.4 Å². The monoisotopic (exact) mass is 541 g/mol. The zero-order chi connectivity index (χ0) is 28.0. The van der Waals surface area contributed by atoms with Crippen molar-refractivity contribution < 1.29 is 37.0 Å². The molecule has 0 spiro atoms.